The molecule has 1 aromatic rings. The van der Waals surface area contributed by atoms with Crippen LogP contribution < -0.4 is 5.32 Å². The van der Waals surface area contributed by atoms with E-state index in [1.165, 1.54) is 19.8 Å². The maximum atomic E-state index is 11.6. The van der Waals surface area contributed by atoms with Gasteiger partial charge in [-0.2, -0.15) is 0 Å². The minimum Gasteiger partial charge on any atom is -0.448 e. The van der Waals surface area contributed by atoms with E-state index in [1.54, 1.807) is 24.3 Å². The first-order chi connectivity index (χ1) is 9.65. The van der Waals surface area contributed by atoms with E-state index in [-0.39, 0.29) is 5.78 Å². The Balaban J connectivity index is 1.71. The van der Waals surface area contributed by atoms with Crippen LogP contribution in [0.25, 0.3) is 0 Å². The first kappa shape index (κ1) is 14.5. The normalized spacial score (nSPS) is 15.1. The fourth-order valence-electron chi connectivity index (χ4n) is 2.22. The van der Waals surface area contributed by atoms with E-state index in [0.29, 0.717) is 17.9 Å². The van der Waals surface area contributed by atoms with E-state index in [1.807, 2.05) is 0 Å². The minimum absolute atomic E-state index is 0.00439. The predicted molar refractivity (Wildman–Crippen MR) is 77.1 cm³/mol. The van der Waals surface area contributed by atoms with Crippen molar-refractivity contribution in [3.63, 3.8) is 0 Å². The number of benzene rings is 1. The minimum atomic E-state index is -0.459. The molecule has 0 bridgehead atoms. The first-order valence-corrected chi connectivity index (χ1v) is 6.92. The van der Waals surface area contributed by atoms with Gasteiger partial charge in [-0.15, -0.1) is 0 Å². The SMILES string of the molecule is CC(=O)c1ccc(NC(=O)OCCN2CCCC2)cc1. The van der Waals surface area contributed by atoms with Gasteiger partial charge in [0.05, 0.1) is 0 Å². The Labute approximate surface area is 118 Å². The van der Waals surface area contributed by atoms with Gasteiger partial charge in [-0.1, -0.05) is 0 Å². The zero-order valence-electron chi connectivity index (χ0n) is 11.7. The molecule has 1 fully saturated rings. The summed E-state index contributed by atoms with van der Waals surface area (Å²) in [4.78, 5) is 25.0. The number of nitrogens with one attached hydrogen (secondary N) is 1. The number of likely N-dealkylation sites (tertiary alicyclic amines) is 1. The van der Waals surface area contributed by atoms with Crippen LogP contribution in [0.3, 0.4) is 0 Å². The van der Waals surface area contributed by atoms with Crippen LogP contribution in [0.4, 0.5) is 10.5 Å². The molecule has 5 heteroatoms. The third-order valence-electron chi connectivity index (χ3n) is 3.38. The van der Waals surface area contributed by atoms with Crippen LogP contribution >= 0.6 is 0 Å². The molecule has 1 aromatic carbocycles. The Morgan fingerprint density at radius 2 is 1.85 bits per heavy atom. The molecule has 1 aliphatic heterocycles. The molecule has 0 radical (unpaired) electrons. The lowest BCUT2D eigenvalue weighted by molar-refractivity contribution is 0.101. The van der Waals surface area contributed by atoms with Crippen molar-refractivity contribution in [1.29, 1.82) is 0 Å². The second kappa shape index (κ2) is 7.05. The summed E-state index contributed by atoms with van der Waals surface area (Å²) in [5, 5.41) is 2.64. The summed E-state index contributed by atoms with van der Waals surface area (Å²) in [7, 11) is 0. The molecule has 2 rings (SSSR count). The molecule has 0 atom stereocenters. The lowest BCUT2D eigenvalue weighted by atomic mass is 10.1. The second-order valence-electron chi connectivity index (χ2n) is 4.94. The molecular formula is C15H20N2O3. The van der Waals surface area contributed by atoms with Gasteiger partial charge < -0.3 is 4.74 Å². The second-order valence-corrected chi connectivity index (χ2v) is 4.94. The fourth-order valence-corrected chi connectivity index (χ4v) is 2.22. The van der Waals surface area contributed by atoms with Gasteiger partial charge in [0.2, 0.25) is 0 Å². The molecule has 108 valence electrons. The highest BCUT2D eigenvalue weighted by Gasteiger charge is 2.11. The van der Waals surface area contributed by atoms with Crippen molar-refractivity contribution in [1.82, 2.24) is 4.90 Å². The number of hydrogen-bond acceptors (Lipinski definition) is 4. The highest BCUT2D eigenvalue weighted by atomic mass is 16.5. The topological polar surface area (TPSA) is 58.6 Å². The Morgan fingerprint density at radius 3 is 2.45 bits per heavy atom. The van der Waals surface area contributed by atoms with Crippen LogP contribution in [-0.2, 0) is 4.74 Å². The molecule has 5 nitrogen and oxygen atoms in total. The number of hydrogen-bond donors (Lipinski definition) is 1. The first-order valence-electron chi connectivity index (χ1n) is 6.92. The zero-order valence-corrected chi connectivity index (χ0v) is 11.7. The molecule has 0 aromatic heterocycles. The van der Waals surface area contributed by atoms with Gasteiger partial charge >= 0.3 is 6.09 Å². The number of carbonyl (C=O) groups is 2. The number of Topliss-reactive ketones (excluding diaryl/α,β-unsaturated/α-hetero) is 1. The molecule has 1 heterocycles. The molecular weight excluding hydrogens is 256 g/mol. The van der Waals surface area contributed by atoms with Crippen LogP contribution in [0.5, 0.6) is 0 Å². The molecule has 0 aliphatic carbocycles. The van der Waals surface area contributed by atoms with Crippen LogP contribution in [0.1, 0.15) is 30.1 Å². The average molecular weight is 276 g/mol. The Hall–Kier alpha value is -1.88. The van der Waals surface area contributed by atoms with Gasteiger partial charge in [0.15, 0.2) is 5.78 Å². The average Bonchev–Trinajstić information content (AvgIpc) is 2.92. The van der Waals surface area contributed by atoms with Crippen molar-refractivity contribution in [2.75, 3.05) is 31.6 Å². The smallest absolute Gasteiger partial charge is 0.411 e. The molecule has 0 unspecified atom stereocenters. The Bertz CT molecular complexity index is 465. The van der Waals surface area contributed by atoms with Crippen molar-refractivity contribution < 1.29 is 14.3 Å². The fraction of sp³-hybridized carbons (Fsp3) is 0.467. The molecule has 1 saturated heterocycles. The van der Waals surface area contributed by atoms with Crippen LogP contribution in [-0.4, -0.2) is 43.0 Å². The van der Waals surface area contributed by atoms with Crippen molar-refractivity contribution in [3.05, 3.63) is 29.8 Å². The van der Waals surface area contributed by atoms with Crippen LogP contribution in [0.2, 0.25) is 0 Å². The Morgan fingerprint density at radius 1 is 1.20 bits per heavy atom. The number of anilines is 1. The summed E-state index contributed by atoms with van der Waals surface area (Å²) in [6.07, 6.45) is 2.00. The number of carbonyl (C=O) groups excluding carboxylic acids is 2. The summed E-state index contributed by atoms with van der Waals surface area (Å²) < 4.78 is 5.13. The van der Waals surface area contributed by atoms with Gasteiger partial charge in [0.25, 0.3) is 0 Å². The summed E-state index contributed by atoms with van der Waals surface area (Å²) >= 11 is 0. The third-order valence-corrected chi connectivity index (χ3v) is 3.38. The molecule has 1 aliphatic rings. The van der Waals surface area contributed by atoms with Gasteiger partial charge in [0.1, 0.15) is 6.61 Å². The Kier molecular flexibility index (Phi) is 5.12. The number of rotatable bonds is 5. The summed E-state index contributed by atoms with van der Waals surface area (Å²) in [5.74, 6) is 0.00439. The molecule has 0 spiro atoms. The van der Waals surface area contributed by atoms with Crippen LogP contribution in [0.15, 0.2) is 24.3 Å². The highest BCUT2D eigenvalue weighted by molar-refractivity contribution is 5.94. The molecule has 0 saturated carbocycles. The van der Waals surface area contributed by atoms with E-state index in [9.17, 15) is 9.59 Å². The molecule has 20 heavy (non-hydrogen) atoms. The van der Waals surface area contributed by atoms with E-state index in [2.05, 4.69) is 10.2 Å². The monoisotopic (exact) mass is 276 g/mol. The maximum absolute atomic E-state index is 11.6. The highest BCUT2D eigenvalue weighted by Crippen LogP contribution is 2.10. The van der Waals surface area contributed by atoms with E-state index in [4.69, 9.17) is 4.74 Å². The number of nitrogens with zero attached hydrogens (tertiary/aromatic N) is 1. The van der Waals surface area contributed by atoms with E-state index < -0.39 is 6.09 Å². The summed E-state index contributed by atoms with van der Waals surface area (Å²) in [6, 6.07) is 6.75. The maximum Gasteiger partial charge on any atom is 0.411 e. The van der Waals surface area contributed by atoms with Crippen molar-refractivity contribution in [2.24, 2.45) is 0 Å². The van der Waals surface area contributed by atoms with E-state index in [0.717, 1.165) is 19.6 Å². The van der Waals surface area contributed by atoms with Crippen LogP contribution in [0, 0.1) is 0 Å². The van der Waals surface area contributed by atoms with Gasteiger partial charge in [-0.25, -0.2) is 4.79 Å². The predicted octanol–water partition coefficient (Wildman–Crippen LogP) is 2.53. The lowest BCUT2D eigenvalue weighted by Gasteiger charge is -2.14. The standard InChI is InChI=1S/C15H20N2O3/c1-12(18)13-4-6-14(7-5-13)16-15(19)20-11-10-17-8-2-3-9-17/h4-7H,2-3,8-11H2,1H3,(H,16,19). The van der Waals surface area contributed by atoms with E-state index >= 15 is 0 Å². The van der Waals surface area contributed by atoms with Crippen molar-refractivity contribution >= 4 is 17.6 Å². The lowest BCUT2D eigenvalue weighted by Crippen LogP contribution is -2.26. The quantitative estimate of drug-likeness (QED) is 0.840. The van der Waals surface area contributed by atoms with Gasteiger partial charge in [-0.3, -0.25) is 15.0 Å². The molecule has 1 amide bonds. The summed E-state index contributed by atoms with van der Waals surface area (Å²) in [6.45, 7) is 4.89. The summed E-state index contributed by atoms with van der Waals surface area (Å²) in [5.41, 5.74) is 1.25. The number of ether oxygens (including phenoxy) is 1. The zero-order chi connectivity index (χ0) is 14.4. The molecule has 1 N–H and O–H groups in total. The number of amides is 1. The van der Waals surface area contributed by atoms with Crippen molar-refractivity contribution in [2.45, 2.75) is 19.8 Å². The van der Waals surface area contributed by atoms with Gasteiger partial charge in [0, 0.05) is 17.8 Å². The third kappa shape index (κ3) is 4.35. The number of ketones is 1. The van der Waals surface area contributed by atoms with Crippen molar-refractivity contribution in [3.8, 4) is 0 Å². The van der Waals surface area contributed by atoms with Gasteiger partial charge in [-0.05, 0) is 57.1 Å². The largest absolute Gasteiger partial charge is 0.448 e.